The Labute approximate surface area is 432 Å². The number of benzene rings is 8. The molecular formula is C67H70BN3. The van der Waals surface area contributed by atoms with Crippen LogP contribution in [0.1, 0.15) is 137 Å². The van der Waals surface area contributed by atoms with E-state index < -0.39 is 6.04 Å². The predicted molar refractivity (Wildman–Crippen MR) is 308 cm³/mol. The Hall–Kier alpha value is -6.78. The summed E-state index contributed by atoms with van der Waals surface area (Å²) in [6.07, 6.45) is 0. The van der Waals surface area contributed by atoms with Crippen LogP contribution >= 0.6 is 0 Å². The summed E-state index contributed by atoms with van der Waals surface area (Å²) in [6, 6.07) is 49.9. The first-order chi connectivity index (χ1) is 35.6. The third-order valence-corrected chi connectivity index (χ3v) is 15.6. The molecule has 356 valence electrons. The number of hydrogen-bond donors (Lipinski definition) is 0. The van der Waals surface area contributed by atoms with Crippen molar-refractivity contribution in [3.8, 4) is 11.1 Å². The average molecular weight is 933 g/mol. The van der Waals surface area contributed by atoms with Gasteiger partial charge in [-0.15, -0.1) is 0 Å². The zero-order chi connectivity index (χ0) is 54.5. The molecule has 8 aromatic rings. The quantitative estimate of drug-likeness (QED) is 0.159. The molecule has 71 heavy (non-hydrogen) atoms. The molecule has 0 aromatic heterocycles. The molecule has 11 rings (SSSR count). The van der Waals surface area contributed by atoms with E-state index in [1.165, 1.54) is 49.9 Å². The first kappa shape index (κ1) is 40.9. The molecule has 1 aliphatic carbocycles. The first-order valence-corrected chi connectivity index (χ1v) is 25.5. The second-order valence-electron chi connectivity index (χ2n) is 24.9. The van der Waals surface area contributed by atoms with Crippen molar-refractivity contribution in [2.45, 2.75) is 124 Å². The molecule has 0 atom stereocenters. The molecule has 8 aromatic carbocycles. The highest BCUT2D eigenvalue weighted by molar-refractivity contribution is 7.00. The summed E-state index contributed by atoms with van der Waals surface area (Å²) in [5.41, 5.74) is 20.5. The largest absolute Gasteiger partial charge is 0.311 e. The molecule has 0 amide bonds. The maximum absolute atomic E-state index is 9.46. The van der Waals surface area contributed by atoms with Crippen molar-refractivity contribution >= 4 is 74.3 Å². The molecule has 0 radical (unpaired) electrons. The summed E-state index contributed by atoms with van der Waals surface area (Å²) in [4.78, 5) is 6.83. The Morgan fingerprint density at radius 1 is 0.423 bits per heavy atom. The van der Waals surface area contributed by atoms with Crippen LogP contribution in [-0.2, 0) is 27.1 Å². The molecule has 4 heteroatoms. The van der Waals surface area contributed by atoms with Gasteiger partial charge in [0.05, 0.1) is 6.85 Å². The van der Waals surface area contributed by atoms with Gasteiger partial charge in [-0.1, -0.05) is 188 Å². The Morgan fingerprint density at radius 3 is 1.58 bits per heavy atom. The van der Waals surface area contributed by atoms with E-state index >= 15 is 0 Å². The summed E-state index contributed by atoms with van der Waals surface area (Å²) in [5, 5.41) is 0. The van der Waals surface area contributed by atoms with Crippen LogP contribution in [0.3, 0.4) is 0 Å². The molecule has 0 saturated heterocycles. The van der Waals surface area contributed by atoms with Gasteiger partial charge >= 0.3 is 0 Å². The minimum absolute atomic E-state index is 0.0147. The summed E-state index contributed by atoms with van der Waals surface area (Å²) in [7, 11) is 0. The van der Waals surface area contributed by atoms with E-state index in [1.807, 2.05) is 17.0 Å². The van der Waals surface area contributed by atoms with E-state index in [9.17, 15) is 2.74 Å². The number of nitrogens with zero attached hydrogens (tertiary/aromatic N) is 3. The smallest absolute Gasteiger partial charge is 0.252 e. The van der Waals surface area contributed by atoms with Gasteiger partial charge in [0, 0.05) is 56.6 Å². The van der Waals surface area contributed by atoms with Gasteiger partial charge in [-0.25, -0.2) is 0 Å². The molecular weight excluding hydrogens is 858 g/mol. The van der Waals surface area contributed by atoms with Crippen molar-refractivity contribution in [3.05, 3.63) is 203 Å². The topological polar surface area (TPSA) is 9.72 Å². The Morgan fingerprint density at radius 2 is 0.958 bits per heavy atom. The SMILES string of the molecule is [2H]c1c([2H])c([2H])c(N(c2ccc(C(C)(C)C)cc2)c2ccc3c(c2)N(c2ccc4c(c2)C(C)(C)c2ccccc2-4)c2cc(C(C)(C)C)cc4c2B3c2cc(C(C)(C)C)ccc2N4c2ccc(C(C)(C)C)cc2)c([2H])c1[2H]. The highest BCUT2D eigenvalue weighted by Crippen LogP contribution is 2.53. The van der Waals surface area contributed by atoms with E-state index in [4.69, 9.17) is 4.11 Å². The van der Waals surface area contributed by atoms with Crippen LogP contribution in [-0.4, -0.2) is 6.71 Å². The van der Waals surface area contributed by atoms with E-state index in [-0.39, 0.29) is 63.6 Å². The van der Waals surface area contributed by atoms with Crippen LogP contribution in [0.25, 0.3) is 11.1 Å². The number of hydrogen-bond acceptors (Lipinski definition) is 3. The molecule has 3 nitrogen and oxygen atoms in total. The lowest BCUT2D eigenvalue weighted by Crippen LogP contribution is -2.61. The molecule has 0 bridgehead atoms. The van der Waals surface area contributed by atoms with Crippen molar-refractivity contribution < 1.29 is 6.85 Å². The normalized spacial score (nSPS) is 15.6. The third-order valence-electron chi connectivity index (χ3n) is 15.6. The lowest BCUT2D eigenvalue weighted by Gasteiger charge is -2.46. The number of rotatable bonds is 5. The molecule has 0 spiro atoms. The summed E-state index contributed by atoms with van der Waals surface area (Å²) in [6.45, 7) is 31.5. The standard InChI is InChI=1S/C67H70BN3/c1-63(2,3)43-24-29-48(30-25-43)69(47-20-16-15-17-21-47)51-34-36-56-59(42-51)71(50-33-35-53-52-22-18-19-23-54(52)67(13,14)55(53)41-50)61-40-46(66(10,11)12)39-60-62(61)68(56)57-38-45(65(7,8)9)28-37-58(57)70(60)49-31-26-44(27-32-49)64(4,5)6/h15-42H,1-14H3/i15D,16D,17D,20D,21D. The highest BCUT2D eigenvalue weighted by atomic mass is 15.2. The van der Waals surface area contributed by atoms with Gasteiger partial charge in [0.1, 0.15) is 0 Å². The second-order valence-corrected chi connectivity index (χ2v) is 24.9. The van der Waals surface area contributed by atoms with E-state index in [1.54, 1.807) is 0 Å². The minimum atomic E-state index is -0.424. The number of anilines is 9. The highest BCUT2D eigenvalue weighted by Gasteiger charge is 2.45. The van der Waals surface area contributed by atoms with Gasteiger partial charge < -0.3 is 14.7 Å². The van der Waals surface area contributed by atoms with Crippen LogP contribution in [0, 0.1) is 0 Å². The molecule has 0 fully saturated rings. The fourth-order valence-electron chi connectivity index (χ4n) is 11.4. The van der Waals surface area contributed by atoms with Crippen molar-refractivity contribution in [3.63, 3.8) is 0 Å². The fraction of sp³-hybridized carbons (Fsp3) is 0.284. The monoisotopic (exact) mass is 933 g/mol. The fourth-order valence-corrected chi connectivity index (χ4v) is 11.4. The maximum atomic E-state index is 9.46. The van der Waals surface area contributed by atoms with Gasteiger partial charge in [-0.2, -0.15) is 0 Å². The molecule has 0 N–H and O–H groups in total. The Balaban J connectivity index is 1.26. The third kappa shape index (κ3) is 7.72. The first-order valence-electron chi connectivity index (χ1n) is 28.0. The molecule has 0 unspecified atom stereocenters. The minimum Gasteiger partial charge on any atom is -0.311 e. The van der Waals surface area contributed by atoms with E-state index in [0.717, 1.165) is 45.2 Å². The van der Waals surface area contributed by atoms with E-state index in [0.29, 0.717) is 11.4 Å². The second kappa shape index (κ2) is 16.1. The van der Waals surface area contributed by atoms with Crippen LogP contribution in [0.5, 0.6) is 0 Å². The predicted octanol–water partition coefficient (Wildman–Crippen LogP) is 16.7. The zero-order valence-corrected chi connectivity index (χ0v) is 44.2. The molecule has 3 aliphatic rings. The van der Waals surface area contributed by atoms with Gasteiger partial charge in [0.15, 0.2) is 0 Å². The van der Waals surface area contributed by atoms with Crippen LogP contribution in [0.15, 0.2) is 170 Å². The lowest BCUT2D eigenvalue weighted by molar-refractivity contribution is 0.589. The van der Waals surface area contributed by atoms with E-state index in [2.05, 4.69) is 234 Å². The number of para-hydroxylation sites is 1. The summed E-state index contributed by atoms with van der Waals surface area (Å²) >= 11 is 0. The zero-order valence-electron chi connectivity index (χ0n) is 49.2. The summed E-state index contributed by atoms with van der Waals surface area (Å²) in [5.74, 6) is 0. The van der Waals surface area contributed by atoms with Crippen LogP contribution in [0.4, 0.5) is 51.2 Å². The van der Waals surface area contributed by atoms with Crippen molar-refractivity contribution in [2.75, 3.05) is 14.7 Å². The maximum Gasteiger partial charge on any atom is 0.252 e. The van der Waals surface area contributed by atoms with Crippen LogP contribution in [0.2, 0.25) is 0 Å². The summed E-state index contributed by atoms with van der Waals surface area (Å²) < 4.78 is 45.4. The lowest BCUT2D eigenvalue weighted by atomic mass is 9.33. The van der Waals surface area contributed by atoms with Crippen molar-refractivity contribution in [1.82, 2.24) is 0 Å². The van der Waals surface area contributed by atoms with Gasteiger partial charge in [-0.3, -0.25) is 0 Å². The van der Waals surface area contributed by atoms with Crippen molar-refractivity contribution in [1.29, 1.82) is 0 Å². The molecule has 0 saturated carbocycles. The number of fused-ring (bicyclic) bond motifs is 7. The van der Waals surface area contributed by atoms with Gasteiger partial charge in [0.2, 0.25) is 0 Å². The van der Waals surface area contributed by atoms with Gasteiger partial charge in [0.25, 0.3) is 6.71 Å². The van der Waals surface area contributed by atoms with Gasteiger partial charge in [-0.05, 0) is 161 Å². The van der Waals surface area contributed by atoms with Crippen LogP contribution < -0.4 is 31.1 Å². The molecule has 2 aliphatic heterocycles. The molecule has 2 heterocycles. The van der Waals surface area contributed by atoms with Crippen molar-refractivity contribution in [2.24, 2.45) is 0 Å². The average Bonchev–Trinajstić information content (AvgIpc) is 3.63. The Bertz CT molecular complexity index is 3650. The Kier molecular flexibility index (Phi) is 9.29.